The van der Waals surface area contributed by atoms with Gasteiger partial charge in [0.2, 0.25) is 5.91 Å². The van der Waals surface area contributed by atoms with Gasteiger partial charge in [0.05, 0.1) is 11.8 Å². The Kier molecular flexibility index (Phi) is 7.89. The molecule has 34 heavy (non-hydrogen) atoms. The van der Waals surface area contributed by atoms with Crippen molar-refractivity contribution in [2.24, 2.45) is 0 Å². The Morgan fingerprint density at radius 3 is 2.74 bits per heavy atom. The van der Waals surface area contributed by atoms with Crippen molar-refractivity contribution in [2.75, 3.05) is 32.1 Å². The van der Waals surface area contributed by atoms with Crippen molar-refractivity contribution < 1.29 is 14.3 Å². The maximum absolute atomic E-state index is 12.8. The van der Waals surface area contributed by atoms with E-state index >= 15 is 0 Å². The zero-order valence-electron chi connectivity index (χ0n) is 20.0. The molecule has 0 saturated heterocycles. The Hall–Kier alpha value is -2.44. The van der Waals surface area contributed by atoms with E-state index in [1.54, 1.807) is 16.7 Å². The zero-order chi connectivity index (χ0) is 24.2. The van der Waals surface area contributed by atoms with Crippen LogP contribution in [0.15, 0.2) is 42.5 Å². The molecule has 1 aliphatic carbocycles. The number of hydrogen-bond donors (Lipinski definition) is 0. The van der Waals surface area contributed by atoms with E-state index < -0.39 is 0 Å². The summed E-state index contributed by atoms with van der Waals surface area (Å²) in [5, 5.41) is 0.644. The first kappa shape index (κ1) is 24.7. The molecule has 1 heterocycles. The molecule has 1 aliphatic heterocycles. The minimum absolute atomic E-state index is 0.00704. The number of rotatable bonds is 6. The maximum atomic E-state index is 12.8. The molecule has 0 N–H and O–H groups in total. The molecular weight excluding hydrogens is 468 g/mol. The summed E-state index contributed by atoms with van der Waals surface area (Å²) < 4.78 is 5.61. The number of ether oxygens (including phenoxy) is 1. The van der Waals surface area contributed by atoms with E-state index in [2.05, 4.69) is 24.3 Å². The molecule has 0 bridgehead atoms. The van der Waals surface area contributed by atoms with Gasteiger partial charge in [0, 0.05) is 25.2 Å². The van der Waals surface area contributed by atoms with Gasteiger partial charge in [-0.1, -0.05) is 35.9 Å². The molecule has 1 atom stereocenters. The number of fused-ring (bicyclic) bond motifs is 1. The lowest BCUT2D eigenvalue weighted by Crippen LogP contribution is -2.35. The van der Waals surface area contributed by atoms with Crippen LogP contribution >= 0.6 is 23.4 Å². The molecule has 2 amide bonds. The first-order valence-corrected chi connectivity index (χ1v) is 13.4. The average molecular weight is 499 g/mol. The Morgan fingerprint density at radius 1 is 1.21 bits per heavy atom. The van der Waals surface area contributed by atoms with Gasteiger partial charge in [0.15, 0.2) is 0 Å². The van der Waals surface area contributed by atoms with E-state index in [1.165, 1.54) is 22.3 Å². The van der Waals surface area contributed by atoms with Crippen LogP contribution in [0.25, 0.3) is 5.57 Å². The van der Waals surface area contributed by atoms with Gasteiger partial charge in [-0.2, -0.15) is 11.8 Å². The second-order valence-electron chi connectivity index (χ2n) is 9.02. The van der Waals surface area contributed by atoms with Crippen molar-refractivity contribution in [2.45, 2.75) is 38.8 Å². The molecule has 1 unspecified atom stereocenters. The number of hydrogen-bond acceptors (Lipinski definition) is 4. The number of benzene rings is 2. The largest absolute Gasteiger partial charge is 0.445 e. The average Bonchev–Trinajstić information content (AvgIpc) is 3.25. The third-order valence-corrected chi connectivity index (χ3v) is 7.37. The summed E-state index contributed by atoms with van der Waals surface area (Å²) in [6.07, 6.45) is 6.46. The molecule has 0 fully saturated rings. The van der Waals surface area contributed by atoms with Gasteiger partial charge in [-0.3, -0.25) is 4.79 Å². The summed E-state index contributed by atoms with van der Waals surface area (Å²) in [7, 11) is 1.81. The normalized spacial score (nSPS) is 17.2. The molecular formula is C27H31ClN2O3S. The van der Waals surface area contributed by atoms with Gasteiger partial charge in [-0.05, 0) is 84.0 Å². The Labute approximate surface area is 211 Å². The minimum atomic E-state index is -0.333. The third kappa shape index (κ3) is 5.61. The highest BCUT2D eigenvalue weighted by molar-refractivity contribution is 7.99. The van der Waals surface area contributed by atoms with Crippen LogP contribution in [0.4, 0.5) is 4.79 Å². The highest BCUT2D eigenvalue weighted by Crippen LogP contribution is 2.38. The lowest BCUT2D eigenvalue weighted by atomic mass is 9.95. The number of carbonyl (C=O) groups excluding carboxylic acids is 2. The topological polar surface area (TPSA) is 49.9 Å². The van der Waals surface area contributed by atoms with Gasteiger partial charge in [-0.25, -0.2) is 4.79 Å². The fourth-order valence-electron chi connectivity index (χ4n) is 4.82. The van der Waals surface area contributed by atoms with E-state index in [-0.39, 0.29) is 24.6 Å². The molecule has 2 aromatic rings. The number of carbonyl (C=O) groups is 2. The van der Waals surface area contributed by atoms with Crippen molar-refractivity contribution in [3.63, 3.8) is 0 Å². The first-order chi connectivity index (χ1) is 16.4. The molecule has 2 aromatic carbocycles. The summed E-state index contributed by atoms with van der Waals surface area (Å²) >= 11 is 7.69. The standard InChI is InChI=1S/C27H31ClN2O3S/c1-18-12-19(14-23(28)13-18)16-33-27(32)29(2)25-7-6-21-4-5-22(15-24(21)25)20-8-10-30(11-9-20)26(31)17-34-3/h4-5,8,12-15,25H,6-7,9-11,16-17H2,1-3H3. The lowest BCUT2D eigenvalue weighted by Gasteiger charge is -2.27. The third-order valence-electron chi connectivity index (χ3n) is 6.61. The quantitative estimate of drug-likeness (QED) is 0.498. The number of thioether (sulfide) groups is 1. The lowest BCUT2D eigenvalue weighted by molar-refractivity contribution is -0.127. The molecule has 4 rings (SSSR count). The van der Waals surface area contributed by atoms with Gasteiger partial charge in [0.25, 0.3) is 0 Å². The van der Waals surface area contributed by atoms with Crippen molar-refractivity contribution in [3.8, 4) is 0 Å². The second-order valence-corrected chi connectivity index (χ2v) is 10.3. The van der Waals surface area contributed by atoms with Crippen LogP contribution in [-0.4, -0.2) is 53.9 Å². The molecule has 5 nitrogen and oxygen atoms in total. The van der Waals surface area contributed by atoms with Crippen LogP contribution in [0, 0.1) is 6.92 Å². The highest BCUT2D eigenvalue weighted by Gasteiger charge is 2.30. The van der Waals surface area contributed by atoms with Crippen molar-refractivity contribution in [1.29, 1.82) is 0 Å². The molecule has 7 heteroatoms. The van der Waals surface area contributed by atoms with Crippen LogP contribution in [0.2, 0.25) is 5.02 Å². The van der Waals surface area contributed by atoms with Crippen molar-refractivity contribution in [3.05, 3.63) is 75.3 Å². The molecule has 0 saturated carbocycles. The van der Waals surface area contributed by atoms with Crippen LogP contribution in [0.3, 0.4) is 0 Å². The number of halogens is 1. The molecule has 0 aromatic heterocycles. The Morgan fingerprint density at radius 2 is 2.03 bits per heavy atom. The van der Waals surface area contributed by atoms with Crippen LogP contribution in [0.5, 0.6) is 0 Å². The molecule has 0 spiro atoms. The fraction of sp³-hybridized carbons (Fsp3) is 0.407. The summed E-state index contributed by atoms with van der Waals surface area (Å²) in [5.74, 6) is 0.730. The molecule has 0 radical (unpaired) electrons. The minimum Gasteiger partial charge on any atom is -0.445 e. The smallest absolute Gasteiger partial charge is 0.410 e. The van der Waals surface area contributed by atoms with E-state index in [9.17, 15) is 9.59 Å². The van der Waals surface area contributed by atoms with Gasteiger partial charge >= 0.3 is 6.09 Å². The summed E-state index contributed by atoms with van der Waals surface area (Å²) in [5.41, 5.74) is 6.85. The van der Waals surface area contributed by atoms with Crippen LogP contribution in [0.1, 0.15) is 46.7 Å². The monoisotopic (exact) mass is 498 g/mol. The van der Waals surface area contributed by atoms with E-state index in [4.69, 9.17) is 16.3 Å². The maximum Gasteiger partial charge on any atom is 0.410 e. The van der Waals surface area contributed by atoms with Crippen LogP contribution in [-0.2, 0) is 22.6 Å². The molecule has 180 valence electrons. The number of nitrogens with zero attached hydrogens (tertiary/aromatic N) is 2. The fourth-order valence-corrected chi connectivity index (χ4v) is 5.57. The zero-order valence-corrected chi connectivity index (χ0v) is 21.5. The number of amides is 2. The second kappa shape index (κ2) is 10.9. The number of aryl methyl sites for hydroxylation is 2. The predicted molar refractivity (Wildman–Crippen MR) is 139 cm³/mol. The van der Waals surface area contributed by atoms with E-state index in [0.717, 1.165) is 36.9 Å². The van der Waals surface area contributed by atoms with Crippen molar-refractivity contribution >= 4 is 40.9 Å². The highest BCUT2D eigenvalue weighted by atomic mass is 35.5. The molecule has 2 aliphatic rings. The summed E-state index contributed by atoms with van der Waals surface area (Å²) in [6, 6.07) is 12.3. The summed E-state index contributed by atoms with van der Waals surface area (Å²) in [6.45, 7) is 3.58. The Bertz CT molecular complexity index is 1100. The Balaban J connectivity index is 1.43. The predicted octanol–water partition coefficient (Wildman–Crippen LogP) is 5.88. The van der Waals surface area contributed by atoms with Gasteiger partial charge < -0.3 is 14.5 Å². The van der Waals surface area contributed by atoms with Crippen LogP contribution < -0.4 is 0 Å². The van der Waals surface area contributed by atoms with Gasteiger partial charge in [-0.15, -0.1) is 0 Å². The van der Waals surface area contributed by atoms with Gasteiger partial charge in [0.1, 0.15) is 6.61 Å². The summed E-state index contributed by atoms with van der Waals surface area (Å²) in [4.78, 5) is 28.6. The van der Waals surface area contributed by atoms with Crippen molar-refractivity contribution in [1.82, 2.24) is 9.80 Å². The first-order valence-electron chi connectivity index (χ1n) is 11.6. The van der Waals surface area contributed by atoms with E-state index in [0.29, 0.717) is 17.3 Å². The van der Waals surface area contributed by atoms with E-state index in [1.807, 2.05) is 43.3 Å². The SMILES string of the molecule is CSCC(=O)N1CC=C(c2ccc3c(c2)C(N(C)C(=O)OCc2cc(C)cc(Cl)c2)CC3)CC1.